The van der Waals surface area contributed by atoms with Gasteiger partial charge in [0.15, 0.2) is 0 Å². The van der Waals surface area contributed by atoms with Gasteiger partial charge in [0.25, 0.3) is 0 Å². The van der Waals surface area contributed by atoms with E-state index in [9.17, 15) is 8.42 Å². The summed E-state index contributed by atoms with van der Waals surface area (Å²) >= 11 is 9.10. The third-order valence-corrected chi connectivity index (χ3v) is 6.28. The van der Waals surface area contributed by atoms with Gasteiger partial charge in [-0.05, 0) is 54.4 Å². The average Bonchev–Trinajstić information content (AvgIpc) is 2.61. The van der Waals surface area contributed by atoms with Crippen LogP contribution < -0.4 is 4.72 Å². The number of nitrogens with one attached hydrogen (secondary N) is 1. The van der Waals surface area contributed by atoms with Crippen molar-refractivity contribution in [2.75, 3.05) is 6.61 Å². The first-order valence-corrected chi connectivity index (χ1v) is 8.51. The molecule has 0 radical (unpaired) electrons. The highest BCUT2D eigenvalue weighted by atomic mass is 79.9. The quantitative estimate of drug-likeness (QED) is 0.892. The maximum atomic E-state index is 12.4. The molecule has 1 aromatic carbocycles. The van der Waals surface area contributed by atoms with E-state index < -0.39 is 15.6 Å². The van der Waals surface area contributed by atoms with E-state index in [1.807, 2.05) is 13.8 Å². The van der Waals surface area contributed by atoms with Gasteiger partial charge in [0.1, 0.15) is 0 Å². The van der Waals surface area contributed by atoms with Crippen molar-refractivity contribution in [3.8, 4) is 0 Å². The molecule has 0 aliphatic carbocycles. The molecule has 1 heterocycles. The van der Waals surface area contributed by atoms with Crippen molar-refractivity contribution in [1.82, 2.24) is 4.72 Å². The first-order valence-electron chi connectivity index (χ1n) is 5.85. The van der Waals surface area contributed by atoms with Crippen LogP contribution in [0.1, 0.15) is 20.3 Å². The summed E-state index contributed by atoms with van der Waals surface area (Å²) in [6, 6.07) is 4.53. The molecule has 1 aromatic rings. The molecule has 0 aromatic heterocycles. The molecule has 0 amide bonds. The van der Waals surface area contributed by atoms with E-state index in [0.717, 1.165) is 0 Å². The fraction of sp³-hybridized carbons (Fsp3) is 0.500. The third kappa shape index (κ3) is 3.13. The van der Waals surface area contributed by atoms with Crippen LogP contribution in [-0.2, 0) is 14.8 Å². The molecule has 1 fully saturated rings. The van der Waals surface area contributed by atoms with Gasteiger partial charge in [-0.3, -0.25) is 0 Å². The van der Waals surface area contributed by atoms with Gasteiger partial charge in [-0.2, -0.15) is 0 Å². The molecule has 7 heteroatoms. The molecule has 2 rings (SSSR count). The van der Waals surface area contributed by atoms with Crippen LogP contribution in [0.15, 0.2) is 27.6 Å². The van der Waals surface area contributed by atoms with Gasteiger partial charge >= 0.3 is 0 Å². The molecule has 1 N–H and O–H groups in total. The molecule has 2 atom stereocenters. The Bertz CT molecular complexity index is 593. The summed E-state index contributed by atoms with van der Waals surface area (Å²) in [6.07, 6.45) is 0.500. The highest BCUT2D eigenvalue weighted by molar-refractivity contribution is 9.10. The molecular weight excluding hydrogens is 354 g/mol. The topological polar surface area (TPSA) is 55.4 Å². The Morgan fingerprint density at radius 1 is 1.53 bits per heavy atom. The smallest absolute Gasteiger partial charge is 0.241 e. The fourth-order valence-electron chi connectivity index (χ4n) is 1.98. The fourth-order valence-corrected chi connectivity index (χ4v) is 4.15. The number of ether oxygens (including phenoxy) is 1. The molecule has 4 nitrogen and oxygen atoms in total. The van der Waals surface area contributed by atoms with Crippen molar-refractivity contribution in [3.63, 3.8) is 0 Å². The van der Waals surface area contributed by atoms with Crippen molar-refractivity contribution in [1.29, 1.82) is 0 Å². The van der Waals surface area contributed by atoms with Crippen molar-refractivity contribution in [2.45, 2.75) is 36.8 Å². The van der Waals surface area contributed by atoms with E-state index >= 15 is 0 Å². The molecule has 106 valence electrons. The Balaban J connectivity index is 2.30. The standard InChI is InChI=1S/C12H15BrClNO3S/c1-8-12(2,5-6-18-8)15-19(16,17)9-3-4-11(14)10(13)7-9/h3-4,7-8,15H,5-6H2,1-2H3. The van der Waals surface area contributed by atoms with Crippen molar-refractivity contribution < 1.29 is 13.2 Å². The van der Waals surface area contributed by atoms with Crippen molar-refractivity contribution >= 4 is 37.6 Å². The molecule has 0 spiro atoms. The minimum absolute atomic E-state index is 0.155. The molecule has 1 aliphatic rings. The lowest BCUT2D eigenvalue weighted by atomic mass is 9.97. The van der Waals surface area contributed by atoms with E-state index in [2.05, 4.69) is 20.7 Å². The number of hydrogen-bond donors (Lipinski definition) is 1. The number of benzene rings is 1. The largest absolute Gasteiger partial charge is 0.376 e. The van der Waals surface area contributed by atoms with Gasteiger partial charge in [-0.1, -0.05) is 11.6 Å². The van der Waals surface area contributed by atoms with Gasteiger partial charge < -0.3 is 4.74 Å². The van der Waals surface area contributed by atoms with E-state index in [-0.39, 0.29) is 11.0 Å². The second-order valence-electron chi connectivity index (χ2n) is 4.86. The normalized spacial score (nSPS) is 27.7. The number of halogens is 2. The molecule has 1 aliphatic heterocycles. The summed E-state index contributed by atoms with van der Waals surface area (Å²) in [5.41, 5.74) is -0.578. The van der Waals surface area contributed by atoms with Gasteiger partial charge in [-0.15, -0.1) is 0 Å². The van der Waals surface area contributed by atoms with E-state index in [0.29, 0.717) is 22.5 Å². The summed E-state index contributed by atoms with van der Waals surface area (Å²) < 4.78 is 33.5. The maximum absolute atomic E-state index is 12.4. The summed E-state index contributed by atoms with van der Waals surface area (Å²) in [4.78, 5) is 0.184. The minimum Gasteiger partial charge on any atom is -0.376 e. The summed E-state index contributed by atoms with van der Waals surface area (Å²) in [5.74, 6) is 0. The Labute approximate surface area is 126 Å². The second-order valence-corrected chi connectivity index (χ2v) is 7.81. The Hall–Kier alpha value is -0.140. The zero-order valence-corrected chi connectivity index (χ0v) is 13.8. The van der Waals surface area contributed by atoms with Gasteiger partial charge in [0, 0.05) is 11.1 Å². The molecule has 1 saturated heterocycles. The van der Waals surface area contributed by atoms with Crippen LogP contribution in [-0.4, -0.2) is 26.7 Å². The predicted molar refractivity (Wildman–Crippen MR) is 77.9 cm³/mol. The molecule has 2 unspecified atom stereocenters. The average molecular weight is 369 g/mol. The van der Waals surface area contributed by atoms with E-state index in [4.69, 9.17) is 16.3 Å². The number of sulfonamides is 1. The van der Waals surface area contributed by atoms with E-state index in [1.165, 1.54) is 12.1 Å². The van der Waals surface area contributed by atoms with Crippen LogP contribution in [0.4, 0.5) is 0 Å². The van der Waals surface area contributed by atoms with Crippen molar-refractivity contribution in [2.24, 2.45) is 0 Å². The Morgan fingerprint density at radius 3 is 2.74 bits per heavy atom. The van der Waals surface area contributed by atoms with Crippen LogP contribution in [0, 0.1) is 0 Å². The molecule has 19 heavy (non-hydrogen) atoms. The van der Waals surface area contributed by atoms with Gasteiger partial charge in [-0.25, -0.2) is 13.1 Å². The summed E-state index contributed by atoms with van der Waals surface area (Å²) in [5, 5.41) is 0.475. The van der Waals surface area contributed by atoms with Crippen LogP contribution >= 0.6 is 27.5 Å². The minimum atomic E-state index is -3.59. The van der Waals surface area contributed by atoms with Crippen LogP contribution in [0.2, 0.25) is 5.02 Å². The molecular formula is C12H15BrClNO3S. The number of hydrogen-bond acceptors (Lipinski definition) is 3. The van der Waals surface area contributed by atoms with Crippen molar-refractivity contribution in [3.05, 3.63) is 27.7 Å². The molecule has 0 bridgehead atoms. The lowest BCUT2D eigenvalue weighted by Crippen LogP contribution is -2.50. The number of rotatable bonds is 3. The zero-order valence-electron chi connectivity index (χ0n) is 10.6. The highest BCUT2D eigenvalue weighted by Gasteiger charge is 2.40. The second kappa shape index (κ2) is 5.33. The molecule has 0 saturated carbocycles. The monoisotopic (exact) mass is 367 g/mol. The van der Waals surface area contributed by atoms with Crippen LogP contribution in [0.5, 0.6) is 0 Å². The lowest BCUT2D eigenvalue weighted by Gasteiger charge is -2.28. The van der Waals surface area contributed by atoms with Crippen LogP contribution in [0.25, 0.3) is 0 Å². The highest BCUT2D eigenvalue weighted by Crippen LogP contribution is 2.29. The zero-order chi connectivity index (χ0) is 14.3. The summed E-state index contributed by atoms with van der Waals surface area (Å²) in [6.45, 7) is 4.28. The third-order valence-electron chi connectivity index (χ3n) is 3.46. The summed E-state index contributed by atoms with van der Waals surface area (Å²) in [7, 11) is -3.59. The first kappa shape index (κ1) is 15.3. The lowest BCUT2D eigenvalue weighted by molar-refractivity contribution is 0.0957. The van der Waals surface area contributed by atoms with Crippen LogP contribution in [0.3, 0.4) is 0 Å². The maximum Gasteiger partial charge on any atom is 0.241 e. The first-order chi connectivity index (χ1) is 8.74. The van der Waals surface area contributed by atoms with Gasteiger partial charge in [0.05, 0.1) is 21.6 Å². The Morgan fingerprint density at radius 2 is 2.21 bits per heavy atom. The van der Waals surface area contributed by atoms with E-state index in [1.54, 1.807) is 6.07 Å². The SMILES string of the molecule is CC1OCCC1(C)NS(=O)(=O)c1ccc(Cl)c(Br)c1. The predicted octanol–water partition coefficient (Wildman–Crippen LogP) is 2.95. The Kier molecular flexibility index (Phi) is 4.28. The van der Waals surface area contributed by atoms with Gasteiger partial charge in [0.2, 0.25) is 10.0 Å².